The Morgan fingerprint density at radius 2 is 0.860 bits per heavy atom. The van der Waals surface area contributed by atoms with E-state index < -0.39 is 0 Å². The molecule has 0 atom stereocenters. The van der Waals surface area contributed by atoms with Crippen molar-refractivity contribution < 1.29 is 4.42 Å². The van der Waals surface area contributed by atoms with Gasteiger partial charge in [0.1, 0.15) is 11.1 Å². The molecule has 0 spiro atoms. The van der Waals surface area contributed by atoms with Gasteiger partial charge >= 0.3 is 0 Å². The number of para-hydroxylation sites is 2. The summed E-state index contributed by atoms with van der Waals surface area (Å²) in [5.74, 6) is 0. The van der Waals surface area contributed by atoms with E-state index in [1.54, 1.807) is 0 Å². The van der Waals surface area contributed by atoms with Gasteiger partial charge in [-0.25, -0.2) is 4.98 Å². The monoisotopic (exact) mass is 547 g/mol. The molecule has 9 rings (SSSR count). The zero-order chi connectivity index (χ0) is 28.3. The molecular formula is C41H25NO. The van der Waals surface area contributed by atoms with E-state index in [0.29, 0.717) is 0 Å². The van der Waals surface area contributed by atoms with Crippen molar-refractivity contribution in [1.29, 1.82) is 0 Å². The molecule has 2 aromatic heterocycles. The first-order chi connectivity index (χ1) is 21.3. The molecule has 0 N–H and O–H groups in total. The number of hydrogen-bond acceptors (Lipinski definition) is 2. The van der Waals surface area contributed by atoms with E-state index in [4.69, 9.17) is 9.40 Å². The molecule has 43 heavy (non-hydrogen) atoms. The smallest absolute Gasteiger partial charge is 0.162 e. The Morgan fingerprint density at radius 3 is 1.53 bits per heavy atom. The molecule has 7 aromatic carbocycles. The second kappa shape index (κ2) is 9.40. The Balaban J connectivity index is 1.37. The second-order valence-electron chi connectivity index (χ2n) is 11.1. The highest BCUT2D eigenvalue weighted by Crippen LogP contribution is 2.45. The summed E-state index contributed by atoms with van der Waals surface area (Å²) in [6.45, 7) is 0. The SMILES string of the molecule is c1ccc(-c2c3ccccc3c(-c3cccc(-c4c5ccccc5nc5c4oc4ccccc45)c3)c3ccccc23)cc1. The lowest BCUT2D eigenvalue weighted by molar-refractivity contribution is 0.670. The van der Waals surface area contributed by atoms with Crippen LogP contribution in [0.3, 0.4) is 0 Å². The number of pyridine rings is 1. The highest BCUT2D eigenvalue weighted by Gasteiger charge is 2.20. The minimum atomic E-state index is 0.825. The van der Waals surface area contributed by atoms with Gasteiger partial charge in [0.15, 0.2) is 5.58 Å². The summed E-state index contributed by atoms with van der Waals surface area (Å²) >= 11 is 0. The maximum Gasteiger partial charge on any atom is 0.162 e. The van der Waals surface area contributed by atoms with Crippen molar-refractivity contribution in [2.24, 2.45) is 0 Å². The Hall–Kier alpha value is -5.73. The van der Waals surface area contributed by atoms with Gasteiger partial charge in [-0.15, -0.1) is 0 Å². The molecule has 2 heterocycles. The number of furan rings is 1. The highest BCUT2D eigenvalue weighted by molar-refractivity contribution is 6.22. The minimum absolute atomic E-state index is 0.825. The third-order valence-corrected chi connectivity index (χ3v) is 8.64. The molecule has 0 radical (unpaired) electrons. The summed E-state index contributed by atoms with van der Waals surface area (Å²) in [6, 6.07) is 53.8. The van der Waals surface area contributed by atoms with Gasteiger partial charge in [-0.1, -0.05) is 127 Å². The fourth-order valence-electron chi connectivity index (χ4n) is 6.81. The van der Waals surface area contributed by atoms with Crippen LogP contribution in [0.25, 0.3) is 87.9 Å². The Labute approximate surface area is 248 Å². The van der Waals surface area contributed by atoms with Crippen molar-refractivity contribution >= 4 is 54.5 Å². The van der Waals surface area contributed by atoms with Crippen LogP contribution in [0.4, 0.5) is 0 Å². The van der Waals surface area contributed by atoms with Gasteiger partial charge in [-0.3, -0.25) is 0 Å². The van der Waals surface area contributed by atoms with E-state index in [9.17, 15) is 0 Å². The molecule has 0 aliphatic heterocycles. The second-order valence-corrected chi connectivity index (χ2v) is 11.1. The van der Waals surface area contributed by atoms with Crippen LogP contribution in [0, 0.1) is 0 Å². The average Bonchev–Trinajstić information content (AvgIpc) is 3.44. The lowest BCUT2D eigenvalue weighted by Gasteiger charge is -2.18. The van der Waals surface area contributed by atoms with Crippen LogP contribution in [-0.2, 0) is 0 Å². The molecule has 0 aliphatic rings. The summed E-state index contributed by atoms with van der Waals surface area (Å²) < 4.78 is 6.53. The Bertz CT molecular complexity index is 2450. The molecule has 0 saturated carbocycles. The van der Waals surface area contributed by atoms with E-state index in [0.717, 1.165) is 44.1 Å². The quantitative estimate of drug-likeness (QED) is 0.206. The van der Waals surface area contributed by atoms with Gasteiger partial charge in [-0.05, 0) is 73.6 Å². The van der Waals surface area contributed by atoms with Crippen LogP contribution in [-0.4, -0.2) is 4.98 Å². The lowest BCUT2D eigenvalue weighted by Crippen LogP contribution is -1.91. The fraction of sp³-hybridized carbons (Fsp3) is 0. The van der Waals surface area contributed by atoms with Gasteiger partial charge in [0.05, 0.1) is 5.52 Å². The molecule has 2 nitrogen and oxygen atoms in total. The number of fused-ring (bicyclic) bond motifs is 6. The van der Waals surface area contributed by atoms with Crippen LogP contribution < -0.4 is 0 Å². The minimum Gasteiger partial charge on any atom is -0.454 e. The Kier molecular flexibility index (Phi) is 5.23. The fourth-order valence-corrected chi connectivity index (χ4v) is 6.81. The molecule has 0 amide bonds. The molecule has 9 aromatic rings. The van der Waals surface area contributed by atoms with Crippen molar-refractivity contribution in [1.82, 2.24) is 4.98 Å². The standard InChI is InChI=1S/C41H25NO/c1-2-13-26(14-3-1)37-29-17-4-6-19-31(29)38(32-20-7-5-18-30(32)37)27-15-12-16-28(25-27)39-33-21-8-10-23-35(33)42-40-34-22-9-11-24-36(34)43-41(39)40/h1-25H. The van der Waals surface area contributed by atoms with Crippen molar-refractivity contribution in [3.05, 3.63) is 152 Å². The van der Waals surface area contributed by atoms with Crippen LogP contribution in [0.5, 0.6) is 0 Å². The van der Waals surface area contributed by atoms with Gasteiger partial charge < -0.3 is 4.42 Å². The third-order valence-electron chi connectivity index (χ3n) is 8.64. The third kappa shape index (κ3) is 3.63. The maximum absolute atomic E-state index is 6.53. The zero-order valence-electron chi connectivity index (χ0n) is 23.3. The average molecular weight is 548 g/mol. The van der Waals surface area contributed by atoms with Crippen LogP contribution in [0.1, 0.15) is 0 Å². The largest absolute Gasteiger partial charge is 0.454 e. The number of rotatable bonds is 3. The predicted octanol–water partition coefficient (Wildman–Crippen LogP) is 11.4. The van der Waals surface area contributed by atoms with Crippen molar-refractivity contribution in [2.75, 3.05) is 0 Å². The molecule has 200 valence electrons. The molecule has 2 heteroatoms. The number of hydrogen-bond donors (Lipinski definition) is 0. The number of aromatic nitrogens is 1. The van der Waals surface area contributed by atoms with E-state index in [-0.39, 0.29) is 0 Å². The number of benzene rings is 7. The summed E-state index contributed by atoms with van der Waals surface area (Å²) in [4.78, 5) is 5.06. The number of nitrogens with zero attached hydrogens (tertiary/aromatic N) is 1. The summed E-state index contributed by atoms with van der Waals surface area (Å²) in [5, 5.41) is 7.11. The Morgan fingerprint density at radius 1 is 0.372 bits per heavy atom. The predicted molar refractivity (Wildman–Crippen MR) is 180 cm³/mol. The van der Waals surface area contributed by atoms with E-state index in [2.05, 4.69) is 133 Å². The van der Waals surface area contributed by atoms with Crippen molar-refractivity contribution in [3.8, 4) is 33.4 Å². The van der Waals surface area contributed by atoms with Crippen LogP contribution in [0.2, 0.25) is 0 Å². The van der Waals surface area contributed by atoms with E-state index >= 15 is 0 Å². The first kappa shape index (κ1) is 23.9. The van der Waals surface area contributed by atoms with Gasteiger partial charge in [0.25, 0.3) is 0 Å². The molecule has 0 unspecified atom stereocenters. The van der Waals surface area contributed by atoms with Crippen molar-refractivity contribution in [3.63, 3.8) is 0 Å². The van der Waals surface area contributed by atoms with Crippen LogP contribution in [0.15, 0.2) is 156 Å². The first-order valence-electron chi connectivity index (χ1n) is 14.6. The van der Waals surface area contributed by atoms with Crippen LogP contribution >= 0.6 is 0 Å². The highest BCUT2D eigenvalue weighted by atomic mass is 16.3. The summed E-state index contributed by atoms with van der Waals surface area (Å²) in [7, 11) is 0. The van der Waals surface area contributed by atoms with Gasteiger partial charge in [0, 0.05) is 16.3 Å². The van der Waals surface area contributed by atoms with Gasteiger partial charge in [0.2, 0.25) is 0 Å². The molecule has 0 fully saturated rings. The molecular weight excluding hydrogens is 522 g/mol. The molecule has 0 bridgehead atoms. The lowest BCUT2D eigenvalue weighted by atomic mass is 9.85. The summed E-state index contributed by atoms with van der Waals surface area (Å²) in [6.07, 6.45) is 0. The topological polar surface area (TPSA) is 26.0 Å². The first-order valence-corrected chi connectivity index (χ1v) is 14.6. The van der Waals surface area contributed by atoms with Crippen molar-refractivity contribution in [2.45, 2.75) is 0 Å². The summed E-state index contributed by atoms with van der Waals surface area (Å²) in [5.41, 5.74) is 10.7. The normalized spacial score (nSPS) is 11.7. The molecule has 0 saturated heterocycles. The van der Waals surface area contributed by atoms with E-state index in [1.165, 1.54) is 43.8 Å². The van der Waals surface area contributed by atoms with Gasteiger partial charge in [-0.2, -0.15) is 0 Å². The zero-order valence-corrected chi connectivity index (χ0v) is 23.3. The molecule has 0 aliphatic carbocycles. The maximum atomic E-state index is 6.53. The van der Waals surface area contributed by atoms with E-state index in [1.807, 2.05) is 18.2 Å².